The third-order valence-corrected chi connectivity index (χ3v) is 9.28. The third kappa shape index (κ3) is 3.93. The zero-order valence-corrected chi connectivity index (χ0v) is 17.5. The number of hydrogen-bond donors (Lipinski definition) is 1. The minimum atomic E-state index is -4.10. The van der Waals surface area contributed by atoms with Crippen molar-refractivity contribution in [3.8, 4) is 0 Å². The van der Waals surface area contributed by atoms with Gasteiger partial charge in [-0.2, -0.15) is 4.31 Å². The Labute approximate surface area is 172 Å². The Hall–Kier alpha value is -2.27. The molecule has 0 saturated heterocycles. The van der Waals surface area contributed by atoms with Crippen molar-refractivity contribution >= 4 is 37.1 Å². The van der Waals surface area contributed by atoms with Gasteiger partial charge in [0.1, 0.15) is 14.9 Å². The van der Waals surface area contributed by atoms with Crippen LogP contribution in [0.1, 0.15) is 11.1 Å². The summed E-state index contributed by atoms with van der Waals surface area (Å²) in [5.74, 6) is -0.842. The summed E-state index contributed by atoms with van der Waals surface area (Å²) in [5.41, 5.74) is 1.92. The molecule has 2 aromatic carbocycles. The van der Waals surface area contributed by atoms with E-state index in [1.54, 1.807) is 35.7 Å². The van der Waals surface area contributed by atoms with Gasteiger partial charge in [-0.1, -0.05) is 24.3 Å². The SMILES string of the molecule is O=S(=O)(Nc1ccc2c(c1)CN(S(=O)(=O)c1cccs1)CC2)c1ccccc1F. The van der Waals surface area contributed by atoms with Gasteiger partial charge in [-0.15, -0.1) is 11.3 Å². The van der Waals surface area contributed by atoms with E-state index < -0.39 is 30.8 Å². The van der Waals surface area contributed by atoms with Crippen LogP contribution < -0.4 is 4.72 Å². The molecule has 152 valence electrons. The summed E-state index contributed by atoms with van der Waals surface area (Å²) in [7, 11) is -7.70. The second-order valence-electron chi connectivity index (χ2n) is 6.54. The van der Waals surface area contributed by atoms with Gasteiger partial charge in [0.25, 0.3) is 20.0 Å². The van der Waals surface area contributed by atoms with Gasteiger partial charge in [0.2, 0.25) is 0 Å². The van der Waals surface area contributed by atoms with Crippen molar-refractivity contribution in [2.24, 2.45) is 0 Å². The Morgan fingerprint density at radius 3 is 2.48 bits per heavy atom. The van der Waals surface area contributed by atoms with E-state index in [4.69, 9.17) is 0 Å². The molecular formula is C19H17FN2O4S3. The van der Waals surface area contributed by atoms with Gasteiger partial charge in [-0.05, 0) is 53.3 Å². The molecule has 4 rings (SSSR count). The maximum atomic E-state index is 13.9. The summed E-state index contributed by atoms with van der Waals surface area (Å²) in [6.07, 6.45) is 0.528. The lowest BCUT2D eigenvalue weighted by Crippen LogP contribution is -2.35. The van der Waals surface area contributed by atoms with Gasteiger partial charge >= 0.3 is 0 Å². The number of halogens is 1. The van der Waals surface area contributed by atoms with Crippen LogP contribution in [0.5, 0.6) is 0 Å². The number of nitrogens with zero attached hydrogens (tertiary/aromatic N) is 1. The maximum absolute atomic E-state index is 13.9. The van der Waals surface area contributed by atoms with E-state index in [0.717, 1.165) is 23.0 Å². The average molecular weight is 453 g/mol. The lowest BCUT2D eigenvalue weighted by molar-refractivity contribution is 0.392. The molecule has 1 aliphatic heterocycles. The molecule has 1 N–H and O–H groups in total. The summed E-state index contributed by atoms with van der Waals surface area (Å²) < 4.78 is 68.5. The number of anilines is 1. The number of thiophene rings is 1. The molecule has 6 nitrogen and oxygen atoms in total. The highest BCUT2D eigenvalue weighted by Crippen LogP contribution is 2.29. The first-order chi connectivity index (χ1) is 13.8. The Balaban J connectivity index is 1.61. The molecule has 1 aliphatic rings. The van der Waals surface area contributed by atoms with Crippen molar-refractivity contribution < 1.29 is 21.2 Å². The normalized spacial score (nSPS) is 15.1. The summed E-state index contributed by atoms with van der Waals surface area (Å²) >= 11 is 1.16. The fourth-order valence-electron chi connectivity index (χ4n) is 3.21. The van der Waals surface area contributed by atoms with Crippen molar-refractivity contribution in [2.75, 3.05) is 11.3 Å². The van der Waals surface area contributed by atoms with Crippen LogP contribution in [0.25, 0.3) is 0 Å². The zero-order chi connectivity index (χ0) is 20.6. The van der Waals surface area contributed by atoms with E-state index in [0.29, 0.717) is 18.5 Å². The van der Waals surface area contributed by atoms with E-state index in [1.165, 1.54) is 22.5 Å². The van der Waals surface area contributed by atoms with Gasteiger partial charge in [-0.25, -0.2) is 21.2 Å². The molecule has 0 spiro atoms. The number of nitrogens with one attached hydrogen (secondary N) is 1. The number of rotatable bonds is 5. The van der Waals surface area contributed by atoms with E-state index in [-0.39, 0.29) is 16.4 Å². The lowest BCUT2D eigenvalue weighted by atomic mass is 10.0. The molecule has 29 heavy (non-hydrogen) atoms. The van der Waals surface area contributed by atoms with Gasteiger partial charge in [0, 0.05) is 18.8 Å². The topological polar surface area (TPSA) is 83.6 Å². The molecule has 0 aliphatic carbocycles. The predicted octanol–water partition coefficient (Wildman–Crippen LogP) is 3.44. The van der Waals surface area contributed by atoms with Gasteiger partial charge < -0.3 is 0 Å². The molecule has 3 aromatic rings. The summed E-state index contributed by atoms with van der Waals surface area (Å²) in [6, 6.07) is 13.3. The minimum Gasteiger partial charge on any atom is -0.280 e. The van der Waals surface area contributed by atoms with Crippen LogP contribution in [-0.2, 0) is 33.0 Å². The molecule has 0 fully saturated rings. The van der Waals surface area contributed by atoms with Crippen LogP contribution in [0.3, 0.4) is 0 Å². The maximum Gasteiger partial charge on any atom is 0.264 e. The van der Waals surface area contributed by atoms with Gasteiger partial charge in [-0.3, -0.25) is 4.72 Å². The number of sulfonamides is 2. The van der Waals surface area contributed by atoms with E-state index in [9.17, 15) is 21.2 Å². The van der Waals surface area contributed by atoms with Crippen molar-refractivity contribution in [2.45, 2.75) is 22.1 Å². The van der Waals surface area contributed by atoms with Crippen molar-refractivity contribution in [3.05, 3.63) is 76.9 Å². The highest BCUT2D eigenvalue weighted by Gasteiger charge is 2.29. The first-order valence-electron chi connectivity index (χ1n) is 8.70. The Morgan fingerprint density at radius 1 is 0.966 bits per heavy atom. The highest BCUT2D eigenvalue weighted by atomic mass is 32.2. The first kappa shape index (κ1) is 20.0. The van der Waals surface area contributed by atoms with E-state index in [1.807, 2.05) is 0 Å². The smallest absolute Gasteiger partial charge is 0.264 e. The van der Waals surface area contributed by atoms with Crippen LogP contribution in [0.15, 0.2) is 69.1 Å². The molecule has 2 heterocycles. The molecule has 0 amide bonds. The molecule has 0 radical (unpaired) electrons. The summed E-state index contributed by atoms with van der Waals surface area (Å²) in [5, 5.41) is 1.71. The molecule has 1 aromatic heterocycles. The van der Waals surface area contributed by atoms with Crippen LogP contribution in [0.2, 0.25) is 0 Å². The van der Waals surface area contributed by atoms with E-state index in [2.05, 4.69) is 4.72 Å². The van der Waals surface area contributed by atoms with Crippen LogP contribution >= 0.6 is 11.3 Å². The minimum absolute atomic E-state index is 0.144. The highest BCUT2D eigenvalue weighted by molar-refractivity contribution is 7.92. The monoisotopic (exact) mass is 452 g/mol. The number of benzene rings is 2. The van der Waals surface area contributed by atoms with Gasteiger partial charge in [0.05, 0.1) is 0 Å². The summed E-state index contributed by atoms with van der Waals surface area (Å²) in [4.78, 5) is -0.445. The summed E-state index contributed by atoms with van der Waals surface area (Å²) in [6.45, 7) is 0.498. The van der Waals surface area contributed by atoms with E-state index >= 15 is 0 Å². The molecule has 0 unspecified atom stereocenters. The first-order valence-corrected chi connectivity index (χ1v) is 12.5. The second-order valence-corrected chi connectivity index (χ2v) is 11.3. The third-order valence-electron chi connectivity index (χ3n) is 4.65. The van der Waals surface area contributed by atoms with Gasteiger partial charge in [0.15, 0.2) is 0 Å². The quantitative estimate of drug-likeness (QED) is 0.643. The fraction of sp³-hybridized carbons (Fsp3) is 0.158. The van der Waals surface area contributed by atoms with Crippen molar-refractivity contribution in [1.29, 1.82) is 0 Å². The van der Waals surface area contributed by atoms with Crippen LogP contribution in [0.4, 0.5) is 10.1 Å². The zero-order valence-electron chi connectivity index (χ0n) is 15.1. The molecule has 0 bridgehead atoms. The standard InChI is InChI=1S/C19H17FN2O4S3/c20-17-4-1-2-5-18(17)28(23,24)21-16-8-7-14-9-10-22(13-15(14)12-16)29(25,26)19-6-3-11-27-19/h1-8,11-12,21H,9-10,13H2. The van der Waals surface area contributed by atoms with Crippen molar-refractivity contribution in [3.63, 3.8) is 0 Å². The number of fused-ring (bicyclic) bond motifs is 1. The predicted molar refractivity (Wildman–Crippen MR) is 109 cm³/mol. The Morgan fingerprint density at radius 2 is 1.76 bits per heavy atom. The lowest BCUT2D eigenvalue weighted by Gasteiger charge is -2.28. The second kappa shape index (κ2) is 7.52. The molecule has 10 heteroatoms. The largest absolute Gasteiger partial charge is 0.280 e. The molecule has 0 saturated carbocycles. The Kier molecular flexibility index (Phi) is 5.19. The van der Waals surface area contributed by atoms with Crippen molar-refractivity contribution in [1.82, 2.24) is 4.31 Å². The average Bonchev–Trinajstić information content (AvgIpc) is 3.23. The molecular weight excluding hydrogens is 435 g/mol. The number of hydrogen-bond acceptors (Lipinski definition) is 5. The van der Waals surface area contributed by atoms with Crippen LogP contribution in [0, 0.1) is 5.82 Å². The molecule has 0 atom stereocenters. The van der Waals surface area contributed by atoms with Crippen LogP contribution in [-0.4, -0.2) is 27.7 Å². The Bertz CT molecular complexity index is 1260. The fourth-order valence-corrected chi connectivity index (χ4v) is 6.90.